The Morgan fingerprint density at radius 1 is 1.04 bits per heavy atom. The summed E-state index contributed by atoms with van der Waals surface area (Å²) in [5, 5.41) is 13.3. The number of hydrogen-bond acceptors (Lipinski definition) is 5. The van der Waals surface area contributed by atoms with Crippen LogP contribution in [0.4, 0.5) is 5.95 Å². The smallest absolute Gasteiger partial charge is 0.226 e. The summed E-state index contributed by atoms with van der Waals surface area (Å²) in [5.41, 5.74) is 2.11. The van der Waals surface area contributed by atoms with Crippen molar-refractivity contribution in [2.24, 2.45) is 0 Å². The Labute approximate surface area is 140 Å². The third-order valence-corrected chi connectivity index (χ3v) is 4.14. The quantitative estimate of drug-likeness (QED) is 0.758. The highest BCUT2D eigenvalue weighted by Gasteiger charge is 2.25. The van der Waals surface area contributed by atoms with Gasteiger partial charge in [-0.25, -0.2) is 4.98 Å². The predicted octanol–water partition coefficient (Wildman–Crippen LogP) is 4.07. The molecule has 5 nitrogen and oxygen atoms in total. The summed E-state index contributed by atoms with van der Waals surface area (Å²) in [7, 11) is 0. The Hall–Kier alpha value is -3.08. The van der Waals surface area contributed by atoms with Crippen LogP contribution in [0.1, 0.15) is 23.6 Å². The molecule has 3 aromatic rings. The molecule has 1 aliphatic rings. The van der Waals surface area contributed by atoms with Crippen molar-refractivity contribution in [3.63, 3.8) is 0 Å². The van der Waals surface area contributed by atoms with E-state index in [0.717, 1.165) is 29.7 Å². The fraction of sp³-hybridized carbons (Fsp3) is 0.158. The highest BCUT2D eigenvalue weighted by Crippen LogP contribution is 2.37. The number of phenols is 1. The van der Waals surface area contributed by atoms with Crippen molar-refractivity contribution in [3.05, 3.63) is 71.9 Å². The van der Waals surface area contributed by atoms with Crippen molar-refractivity contribution >= 4 is 5.95 Å². The van der Waals surface area contributed by atoms with Gasteiger partial charge < -0.3 is 15.2 Å². The first kappa shape index (κ1) is 14.5. The van der Waals surface area contributed by atoms with Crippen molar-refractivity contribution in [1.29, 1.82) is 0 Å². The predicted molar refractivity (Wildman–Crippen MR) is 91.3 cm³/mol. The molecule has 4 rings (SSSR count). The average Bonchev–Trinajstić information content (AvgIpc) is 3.01. The summed E-state index contributed by atoms with van der Waals surface area (Å²) >= 11 is 0. The van der Waals surface area contributed by atoms with Crippen LogP contribution in [0.25, 0.3) is 0 Å². The van der Waals surface area contributed by atoms with E-state index in [-0.39, 0.29) is 6.04 Å². The Kier molecular flexibility index (Phi) is 3.75. The first-order valence-corrected chi connectivity index (χ1v) is 7.93. The molecule has 0 radical (unpaired) electrons. The summed E-state index contributed by atoms with van der Waals surface area (Å²) in [6.45, 7) is 0. The van der Waals surface area contributed by atoms with Crippen molar-refractivity contribution in [1.82, 2.24) is 9.97 Å². The van der Waals surface area contributed by atoms with Gasteiger partial charge in [0.25, 0.3) is 0 Å². The van der Waals surface area contributed by atoms with E-state index in [9.17, 15) is 5.11 Å². The summed E-state index contributed by atoms with van der Waals surface area (Å²) in [5.74, 6) is 2.11. The Bertz CT molecular complexity index is 852. The first-order chi connectivity index (χ1) is 11.8. The Balaban J connectivity index is 1.52. The van der Waals surface area contributed by atoms with Gasteiger partial charge in [-0.15, -0.1) is 0 Å². The lowest BCUT2D eigenvalue weighted by Crippen LogP contribution is -2.10. The van der Waals surface area contributed by atoms with Gasteiger partial charge in [-0.05, 0) is 42.2 Å². The van der Waals surface area contributed by atoms with Crippen LogP contribution in [-0.4, -0.2) is 15.1 Å². The molecule has 0 spiro atoms. The van der Waals surface area contributed by atoms with Crippen LogP contribution in [-0.2, 0) is 6.42 Å². The van der Waals surface area contributed by atoms with Crippen molar-refractivity contribution in [3.8, 4) is 17.4 Å². The van der Waals surface area contributed by atoms with Crippen LogP contribution in [0.15, 0.2) is 60.8 Å². The molecule has 0 saturated heterocycles. The minimum absolute atomic E-state index is 0.0964. The average molecular weight is 319 g/mol. The van der Waals surface area contributed by atoms with Gasteiger partial charge in [-0.2, -0.15) is 4.98 Å². The SMILES string of the molecule is Oc1cccc2c1CCC2Nc1nccc(Oc2ccccc2)n1. The van der Waals surface area contributed by atoms with Crippen molar-refractivity contribution < 1.29 is 9.84 Å². The van der Waals surface area contributed by atoms with Gasteiger partial charge in [0.15, 0.2) is 0 Å². The molecule has 1 aromatic heterocycles. The van der Waals surface area contributed by atoms with E-state index in [1.165, 1.54) is 0 Å². The second kappa shape index (κ2) is 6.20. The molecule has 24 heavy (non-hydrogen) atoms. The zero-order valence-electron chi connectivity index (χ0n) is 13.0. The van der Waals surface area contributed by atoms with Gasteiger partial charge in [-0.3, -0.25) is 0 Å². The zero-order valence-corrected chi connectivity index (χ0v) is 13.0. The number of nitrogens with zero attached hydrogens (tertiary/aromatic N) is 2. The molecule has 2 N–H and O–H groups in total. The highest BCUT2D eigenvalue weighted by molar-refractivity contribution is 5.47. The number of phenolic OH excluding ortho intramolecular Hbond substituents is 1. The number of aromatic hydroxyl groups is 1. The van der Waals surface area contributed by atoms with Gasteiger partial charge in [0.2, 0.25) is 11.8 Å². The third kappa shape index (κ3) is 2.88. The normalized spacial score (nSPS) is 15.8. The lowest BCUT2D eigenvalue weighted by Gasteiger charge is -2.14. The van der Waals surface area contributed by atoms with E-state index in [0.29, 0.717) is 17.6 Å². The van der Waals surface area contributed by atoms with Crippen LogP contribution in [0.2, 0.25) is 0 Å². The van der Waals surface area contributed by atoms with Crippen molar-refractivity contribution in [2.45, 2.75) is 18.9 Å². The molecule has 5 heteroatoms. The molecule has 0 fully saturated rings. The summed E-state index contributed by atoms with van der Waals surface area (Å²) in [6, 6.07) is 17.0. The van der Waals surface area contributed by atoms with Gasteiger partial charge in [0.1, 0.15) is 11.5 Å². The standard InChI is InChI=1S/C19H17N3O2/c23-17-8-4-7-14-15(17)9-10-16(14)21-19-20-12-11-18(22-19)24-13-5-2-1-3-6-13/h1-8,11-12,16,23H,9-10H2,(H,20,21,22). The number of aromatic nitrogens is 2. The lowest BCUT2D eigenvalue weighted by atomic mass is 10.1. The Morgan fingerprint density at radius 2 is 1.92 bits per heavy atom. The molecule has 0 amide bonds. The molecule has 1 unspecified atom stereocenters. The first-order valence-electron chi connectivity index (χ1n) is 7.93. The Morgan fingerprint density at radius 3 is 2.79 bits per heavy atom. The van der Waals surface area contributed by atoms with E-state index in [2.05, 4.69) is 15.3 Å². The van der Waals surface area contributed by atoms with Crippen LogP contribution in [0, 0.1) is 0 Å². The van der Waals surface area contributed by atoms with E-state index >= 15 is 0 Å². The topological polar surface area (TPSA) is 67.3 Å². The van der Waals surface area contributed by atoms with Crippen LogP contribution in [0.5, 0.6) is 17.4 Å². The van der Waals surface area contributed by atoms with Gasteiger partial charge >= 0.3 is 0 Å². The minimum Gasteiger partial charge on any atom is -0.508 e. The summed E-state index contributed by atoms with van der Waals surface area (Å²) < 4.78 is 5.74. The number of fused-ring (bicyclic) bond motifs is 1. The van der Waals surface area contributed by atoms with Gasteiger partial charge in [0, 0.05) is 12.3 Å². The number of hydrogen-bond donors (Lipinski definition) is 2. The molecule has 120 valence electrons. The molecular formula is C19H17N3O2. The second-order valence-electron chi connectivity index (χ2n) is 5.71. The van der Waals surface area contributed by atoms with Crippen LogP contribution < -0.4 is 10.1 Å². The van der Waals surface area contributed by atoms with Gasteiger partial charge in [-0.1, -0.05) is 30.3 Å². The number of benzene rings is 2. The number of ether oxygens (including phenoxy) is 1. The molecule has 2 aromatic carbocycles. The summed E-state index contributed by atoms with van der Waals surface area (Å²) in [4.78, 5) is 8.70. The molecule has 0 aliphatic heterocycles. The lowest BCUT2D eigenvalue weighted by molar-refractivity contribution is 0.462. The number of para-hydroxylation sites is 1. The number of rotatable bonds is 4. The van der Waals surface area contributed by atoms with Crippen molar-refractivity contribution in [2.75, 3.05) is 5.32 Å². The maximum absolute atomic E-state index is 9.94. The monoisotopic (exact) mass is 319 g/mol. The number of nitrogens with one attached hydrogen (secondary N) is 1. The molecule has 0 saturated carbocycles. The maximum atomic E-state index is 9.94. The largest absolute Gasteiger partial charge is 0.508 e. The van der Waals surface area contributed by atoms with E-state index < -0.39 is 0 Å². The molecular weight excluding hydrogens is 302 g/mol. The van der Waals surface area contributed by atoms with Gasteiger partial charge in [0.05, 0.1) is 6.04 Å². The fourth-order valence-corrected chi connectivity index (χ4v) is 3.02. The third-order valence-electron chi connectivity index (χ3n) is 4.14. The molecule has 1 aliphatic carbocycles. The highest BCUT2D eigenvalue weighted by atomic mass is 16.5. The zero-order chi connectivity index (χ0) is 16.4. The van der Waals surface area contributed by atoms with E-state index in [1.54, 1.807) is 18.3 Å². The number of anilines is 1. The second-order valence-corrected chi connectivity index (χ2v) is 5.71. The maximum Gasteiger partial charge on any atom is 0.226 e. The fourth-order valence-electron chi connectivity index (χ4n) is 3.02. The van der Waals surface area contributed by atoms with E-state index in [4.69, 9.17) is 4.74 Å². The summed E-state index contributed by atoms with van der Waals surface area (Å²) in [6.07, 6.45) is 3.42. The van der Waals surface area contributed by atoms with Crippen LogP contribution in [0.3, 0.4) is 0 Å². The van der Waals surface area contributed by atoms with E-state index in [1.807, 2.05) is 42.5 Å². The minimum atomic E-state index is 0.0964. The molecule has 1 atom stereocenters. The molecule has 1 heterocycles. The molecule has 0 bridgehead atoms. The van der Waals surface area contributed by atoms with Crippen LogP contribution >= 0.6 is 0 Å².